The Kier molecular flexibility index (Phi) is 5.80. The van der Waals surface area contributed by atoms with Gasteiger partial charge in [0.25, 0.3) is 0 Å². The van der Waals surface area contributed by atoms with Crippen molar-refractivity contribution in [3.63, 3.8) is 0 Å². The van der Waals surface area contributed by atoms with Crippen LogP contribution in [0.3, 0.4) is 0 Å². The number of carbonyl (C=O) groups is 1. The number of hydrogen-bond donors (Lipinski definition) is 1. The van der Waals surface area contributed by atoms with Crippen LogP contribution in [0.25, 0.3) is 21.6 Å². The van der Waals surface area contributed by atoms with E-state index in [0.29, 0.717) is 18.4 Å². The summed E-state index contributed by atoms with van der Waals surface area (Å²) in [7, 11) is 0. The van der Waals surface area contributed by atoms with Crippen LogP contribution in [0.4, 0.5) is 0 Å². The average molecular weight is 474 g/mol. The van der Waals surface area contributed by atoms with E-state index in [2.05, 4.69) is 44.4 Å². The fourth-order valence-corrected chi connectivity index (χ4v) is 6.81. The van der Waals surface area contributed by atoms with Crippen molar-refractivity contribution in [3.8, 4) is 10.6 Å². The minimum atomic E-state index is -0.920. The maximum absolute atomic E-state index is 11.6. The lowest BCUT2D eigenvalue weighted by Crippen LogP contribution is -2.30. The number of fused-ring (bicyclic) bond motifs is 1. The lowest BCUT2D eigenvalue weighted by molar-refractivity contribution is 0.0697. The zero-order chi connectivity index (χ0) is 24.0. The van der Waals surface area contributed by atoms with Crippen LogP contribution in [0.2, 0.25) is 0 Å². The molecular formula is C28H31N3O2S. The molecular weight excluding hydrogens is 442 g/mol. The largest absolute Gasteiger partial charge is 0.478 e. The molecule has 0 spiro atoms. The van der Waals surface area contributed by atoms with Gasteiger partial charge in [-0.3, -0.25) is 0 Å². The van der Waals surface area contributed by atoms with Gasteiger partial charge in [0.05, 0.1) is 22.3 Å². The quantitative estimate of drug-likeness (QED) is 0.334. The molecule has 1 unspecified atom stereocenters. The summed E-state index contributed by atoms with van der Waals surface area (Å²) in [5.74, 6) is 0.710. The van der Waals surface area contributed by atoms with E-state index in [9.17, 15) is 9.90 Å². The molecule has 34 heavy (non-hydrogen) atoms. The highest BCUT2D eigenvalue weighted by Gasteiger charge is 2.34. The molecule has 1 fully saturated rings. The summed E-state index contributed by atoms with van der Waals surface area (Å²) >= 11 is 1.72. The van der Waals surface area contributed by atoms with Crippen molar-refractivity contribution in [1.29, 1.82) is 0 Å². The molecule has 176 valence electrons. The molecule has 1 aliphatic rings. The first-order valence-corrected chi connectivity index (χ1v) is 12.8. The van der Waals surface area contributed by atoms with E-state index >= 15 is 0 Å². The van der Waals surface area contributed by atoms with Gasteiger partial charge in [-0.05, 0) is 55.7 Å². The molecule has 1 N–H and O–H groups in total. The molecule has 2 aromatic carbocycles. The Hall–Kier alpha value is -2.99. The summed E-state index contributed by atoms with van der Waals surface area (Å²) in [5, 5.41) is 10.5. The van der Waals surface area contributed by atoms with Gasteiger partial charge in [0.1, 0.15) is 10.8 Å². The van der Waals surface area contributed by atoms with E-state index in [0.717, 1.165) is 46.0 Å². The topological polar surface area (TPSA) is 68.0 Å². The minimum absolute atomic E-state index is 0.262. The van der Waals surface area contributed by atoms with Gasteiger partial charge >= 0.3 is 5.97 Å². The number of nitrogens with zero attached hydrogens (tertiary/aromatic N) is 3. The van der Waals surface area contributed by atoms with Crippen molar-refractivity contribution in [2.75, 3.05) is 0 Å². The van der Waals surface area contributed by atoms with E-state index in [4.69, 9.17) is 9.97 Å². The molecule has 2 atom stereocenters. The van der Waals surface area contributed by atoms with Gasteiger partial charge in [-0.2, -0.15) is 0 Å². The van der Waals surface area contributed by atoms with Gasteiger partial charge < -0.3 is 9.67 Å². The van der Waals surface area contributed by atoms with E-state index in [1.54, 1.807) is 23.5 Å². The van der Waals surface area contributed by atoms with Gasteiger partial charge in [-0.15, -0.1) is 11.3 Å². The fourth-order valence-electron chi connectivity index (χ4n) is 5.75. The first kappa shape index (κ1) is 22.8. The molecule has 2 aromatic heterocycles. The van der Waals surface area contributed by atoms with E-state index in [1.165, 1.54) is 11.3 Å². The predicted octanol–water partition coefficient (Wildman–Crippen LogP) is 7.14. The molecule has 0 amide bonds. The highest BCUT2D eigenvalue weighted by molar-refractivity contribution is 7.15. The van der Waals surface area contributed by atoms with Crippen LogP contribution < -0.4 is 0 Å². The SMILES string of the molecule is Cc1nc(-c2ccccc2)sc1Cc1nc2cc(C(=O)O)ccc2n1C1C[C@H](C)CC(C)(C)C1. The number of carboxylic acids is 1. The molecule has 0 radical (unpaired) electrons. The third-order valence-electron chi connectivity index (χ3n) is 6.97. The Balaban J connectivity index is 1.59. The number of imidazole rings is 1. The summed E-state index contributed by atoms with van der Waals surface area (Å²) < 4.78 is 2.40. The van der Waals surface area contributed by atoms with Gasteiger partial charge in [0.2, 0.25) is 0 Å². The van der Waals surface area contributed by atoms with Crippen molar-refractivity contribution >= 4 is 28.3 Å². The number of rotatable bonds is 5. The maximum Gasteiger partial charge on any atom is 0.335 e. The van der Waals surface area contributed by atoms with Crippen LogP contribution in [0.15, 0.2) is 48.5 Å². The van der Waals surface area contributed by atoms with Crippen LogP contribution in [0.5, 0.6) is 0 Å². The monoisotopic (exact) mass is 473 g/mol. The number of benzene rings is 2. The van der Waals surface area contributed by atoms with Crippen LogP contribution in [-0.4, -0.2) is 25.6 Å². The Morgan fingerprint density at radius 3 is 2.62 bits per heavy atom. The Morgan fingerprint density at radius 2 is 1.91 bits per heavy atom. The molecule has 2 heterocycles. The van der Waals surface area contributed by atoms with Crippen molar-refractivity contribution in [2.45, 2.75) is 59.4 Å². The first-order chi connectivity index (χ1) is 16.2. The first-order valence-electron chi connectivity index (χ1n) is 12.0. The summed E-state index contributed by atoms with van der Waals surface area (Å²) in [6, 6.07) is 16.0. The van der Waals surface area contributed by atoms with E-state index in [-0.39, 0.29) is 11.0 Å². The molecule has 4 aromatic rings. The highest BCUT2D eigenvalue weighted by atomic mass is 32.1. The van der Waals surface area contributed by atoms with Crippen LogP contribution in [-0.2, 0) is 6.42 Å². The predicted molar refractivity (Wildman–Crippen MR) is 138 cm³/mol. The van der Waals surface area contributed by atoms with Crippen LogP contribution in [0, 0.1) is 18.3 Å². The van der Waals surface area contributed by atoms with E-state index < -0.39 is 5.97 Å². The zero-order valence-corrected chi connectivity index (χ0v) is 21.0. The summed E-state index contributed by atoms with van der Waals surface area (Å²) in [6.45, 7) is 9.13. The second-order valence-electron chi connectivity index (χ2n) is 10.5. The molecule has 1 aliphatic carbocycles. The summed E-state index contributed by atoms with van der Waals surface area (Å²) in [5.41, 5.74) is 4.49. The van der Waals surface area contributed by atoms with Crippen molar-refractivity contribution < 1.29 is 9.90 Å². The molecule has 6 heteroatoms. The fraction of sp³-hybridized carbons (Fsp3) is 0.393. The van der Waals surface area contributed by atoms with Crippen LogP contribution >= 0.6 is 11.3 Å². The average Bonchev–Trinajstić information content (AvgIpc) is 3.32. The standard InChI is InChI=1S/C28H31N3O2S/c1-17-12-21(16-28(3,4)15-17)31-23-11-10-20(27(32)33)13-22(23)30-25(31)14-24-18(2)29-26(34-24)19-8-6-5-7-9-19/h5-11,13,17,21H,12,14-16H2,1-4H3,(H,32,33)/t17-,21?/m0/s1. The third kappa shape index (κ3) is 4.39. The molecule has 0 bridgehead atoms. The molecule has 5 rings (SSSR count). The van der Waals surface area contributed by atoms with Crippen molar-refractivity contribution in [2.24, 2.45) is 11.3 Å². The zero-order valence-electron chi connectivity index (χ0n) is 20.2. The Morgan fingerprint density at radius 1 is 1.15 bits per heavy atom. The second-order valence-corrected chi connectivity index (χ2v) is 11.6. The number of thiazole rings is 1. The third-order valence-corrected chi connectivity index (χ3v) is 8.18. The summed E-state index contributed by atoms with van der Waals surface area (Å²) in [6.07, 6.45) is 4.12. The molecule has 1 saturated carbocycles. The Labute approximate surface area is 204 Å². The number of carboxylic acid groups (broad SMARTS) is 1. The number of aromatic nitrogens is 3. The Bertz CT molecular complexity index is 1350. The smallest absolute Gasteiger partial charge is 0.335 e. The number of aryl methyl sites for hydroxylation is 1. The lowest BCUT2D eigenvalue weighted by atomic mass is 9.70. The molecule has 0 saturated heterocycles. The lowest BCUT2D eigenvalue weighted by Gasteiger charge is -2.40. The van der Waals surface area contributed by atoms with Gasteiger partial charge in [0, 0.05) is 22.9 Å². The summed E-state index contributed by atoms with van der Waals surface area (Å²) in [4.78, 5) is 22.7. The molecule has 5 nitrogen and oxygen atoms in total. The second kappa shape index (κ2) is 8.66. The van der Waals surface area contributed by atoms with Crippen molar-refractivity contribution in [1.82, 2.24) is 14.5 Å². The van der Waals surface area contributed by atoms with Crippen molar-refractivity contribution in [3.05, 3.63) is 70.5 Å². The normalized spacial score (nSPS) is 20.0. The maximum atomic E-state index is 11.6. The van der Waals surface area contributed by atoms with Crippen LogP contribution in [0.1, 0.15) is 72.8 Å². The number of aromatic carboxylic acids is 1. The van der Waals surface area contributed by atoms with Gasteiger partial charge in [-0.1, -0.05) is 51.1 Å². The van der Waals surface area contributed by atoms with Gasteiger partial charge in [0.15, 0.2) is 0 Å². The highest BCUT2D eigenvalue weighted by Crippen LogP contribution is 2.45. The molecule has 0 aliphatic heterocycles. The minimum Gasteiger partial charge on any atom is -0.478 e. The van der Waals surface area contributed by atoms with Gasteiger partial charge in [-0.25, -0.2) is 14.8 Å². The van der Waals surface area contributed by atoms with E-state index in [1.807, 2.05) is 24.3 Å². The number of hydrogen-bond acceptors (Lipinski definition) is 4.